The van der Waals surface area contributed by atoms with Gasteiger partial charge in [-0.1, -0.05) is 23.8 Å². The average molecular weight is 288 g/mol. The van der Waals surface area contributed by atoms with Gasteiger partial charge in [-0.25, -0.2) is 4.79 Å². The summed E-state index contributed by atoms with van der Waals surface area (Å²) in [5.74, 6) is 0.153. The van der Waals surface area contributed by atoms with Crippen molar-refractivity contribution in [2.45, 2.75) is 38.8 Å². The zero-order valence-electron chi connectivity index (χ0n) is 12.4. The van der Waals surface area contributed by atoms with Gasteiger partial charge < -0.3 is 10.0 Å². The highest BCUT2D eigenvalue weighted by molar-refractivity contribution is 5.79. The van der Waals surface area contributed by atoms with E-state index in [1.165, 1.54) is 4.90 Å². The van der Waals surface area contributed by atoms with Crippen LogP contribution in [0, 0.1) is 13.8 Å². The van der Waals surface area contributed by atoms with Crippen LogP contribution in [0.5, 0.6) is 0 Å². The third kappa shape index (κ3) is 2.26. The number of aryl methyl sites for hydroxylation is 2. The second-order valence-electron chi connectivity index (χ2n) is 5.97. The molecule has 112 valence electrons. The van der Waals surface area contributed by atoms with Gasteiger partial charge in [-0.05, 0) is 31.4 Å². The Labute approximate surface area is 124 Å². The highest BCUT2D eigenvalue weighted by atomic mass is 16.4. The van der Waals surface area contributed by atoms with E-state index in [9.17, 15) is 14.7 Å². The third-order valence-electron chi connectivity index (χ3n) is 4.65. The molecule has 0 saturated carbocycles. The molecule has 2 aliphatic heterocycles. The number of carbonyl (C=O) groups is 2. The van der Waals surface area contributed by atoms with Crippen molar-refractivity contribution in [2.75, 3.05) is 13.1 Å². The Morgan fingerprint density at radius 1 is 1.29 bits per heavy atom. The van der Waals surface area contributed by atoms with E-state index in [0.29, 0.717) is 19.5 Å². The van der Waals surface area contributed by atoms with Gasteiger partial charge in [-0.3, -0.25) is 9.69 Å². The highest BCUT2D eigenvalue weighted by Gasteiger charge is 2.45. The first-order valence-corrected chi connectivity index (χ1v) is 7.35. The Hall–Kier alpha value is -2.04. The molecule has 0 aliphatic carbocycles. The molecule has 1 N–H and O–H groups in total. The lowest BCUT2D eigenvalue weighted by molar-refractivity contribution is -0.131. The average Bonchev–Trinajstić information content (AvgIpc) is 2.80. The fourth-order valence-electron chi connectivity index (χ4n) is 3.68. The molecular weight excluding hydrogens is 268 g/mol. The van der Waals surface area contributed by atoms with E-state index in [4.69, 9.17) is 0 Å². The molecule has 2 saturated heterocycles. The zero-order chi connectivity index (χ0) is 15.1. The first kappa shape index (κ1) is 13.9. The van der Waals surface area contributed by atoms with Crippen LogP contribution in [0.25, 0.3) is 0 Å². The minimum Gasteiger partial charge on any atom is -0.465 e. The number of piperazine rings is 1. The molecular formula is C16H20N2O3. The molecule has 0 aromatic heterocycles. The summed E-state index contributed by atoms with van der Waals surface area (Å²) in [6.07, 6.45) is 0.360. The zero-order valence-corrected chi connectivity index (χ0v) is 12.4. The van der Waals surface area contributed by atoms with Crippen molar-refractivity contribution in [1.29, 1.82) is 0 Å². The van der Waals surface area contributed by atoms with Crippen molar-refractivity contribution in [3.63, 3.8) is 0 Å². The predicted molar refractivity (Wildman–Crippen MR) is 78.1 cm³/mol. The van der Waals surface area contributed by atoms with Gasteiger partial charge in [0.25, 0.3) is 0 Å². The smallest absolute Gasteiger partial charge is 0.407 e. The summed E-state index contributed by atoms with van der Waals surface area (Å²) in [6.45, 7) is 4.93. The van der Waals surface area contributed by atoms with E-state index in [1.54, 1.807) is 0 Å². The topological polar surface area (TPSA) is 60.9 Å². The molecule has 0 radical (unpaired) electrons. The predicted octanol–water partition coefficient (Wildman–Crippen LogP) is 2.33. The van der Waals surface area contributed by atoms with E-state index in [0.717, 1.165) is 23.1 Å². The first-order valence-electron chi connectivity index (χ1n) is 7.35. The Kier molecular flexibility index (Phi) is 3.35. The summed E-state index contributed by atoms with van der Waals surface area (Å²) in [5, 5.41) is 9.52. The number of amides is 2. The fourth-order valence-corrected chi connectivity index (χ4v) is 3.68. The van der Waals surface area contributed by atoms with E-state index in [1.807, 2.05) is 30.9 Å². The molecule has 2 amide bonds. The fraction of sp³-hybridized carbons (Fsp3) is 0.500. The monoisotopic (exact) mass is 288 g/mol. The van der Waals surface area contributed by atoms with Crippen molar-refractivity contribution in [3.8, 4) is 0 Å². The normalized spacial score (nSPS) is 25.1. The van der Waals surface area contributed by atoms with Gasteiger partial charge >= 0.3 is 6.09 Å². The second-order valence-corrected chi connectivity index (χ2v) is 5.97. The lowest BCUT2D eigenvalue weighted by atomic mass is 9.90. The molecule has 5 heteroatoms. The number of fused-ring (bicyclic) bond motifs is 1. The van der Waals surface area contributed by atoms with Gasteiger partial charge in [0.05, 0.1) is 12.1 Å². The van der Waals surface area contributed by atoms with Crippen LogP contribution in [0.15, 0.2) is 18.2 Å². The summed E-state index contributed by atoms with van der Waals surface area (Å²) in [6, 6.07) is 5.83. The maximum absolute atomic E-state index is 12.0. The summed E-state index contributed by atoms with van der Waals surface area (Å²) in [4.78, 5) is 26.9. The number of carbonyl (C=O) groups excluding carboxylic acids is 1. The number of hydrogen-bond acceptors (Lipinski definition) is 2. The highest BCUT2D eigenvalue weighted by Crippen LogP contribution is 2.38. The third-order valence-corrected chi connectivity index (χ3v) is 4.65. The summed E-state index contributed by atoms with van der Waals surface area (Å²) in [7, 11) is 0. The Morgan fingerprint density at radius 2 is 2.05 bits per heavy atom. The maximum Gasteiger partial charge on any atom is 0.407 e. The van der Waals surface area contributed by atoms with Crippen LogP contribution in [0.1, 0.15) is 35.6 Å². The summed E-state index contributed by atoms with van der Waals surface area (Å²) < 4.78 is 0. The number of carboxylic acid groups (broad SMARTS) is 1. The molecule has 1 aromatic carbocycles. The molecule has 2 aliphatic rings. The molecule has 5 nitrogen and oxygen atoms in total. The van der Waals surface area contributed by atoms with Crippen LogP contribution in [0.3, 0.4) is 0 Å². The van der Waals surface area contributed by atoms with E-state index in [-0.39, 0.29) is 18.0 Å². The van der Waals surface area contributed by atoms with Gasteiger partial charge in [0.1, 0.15) is 0 Å². The molecule has 2 unspecified atom stereocenters. The van der Waals surface area contributed by atoms with Crippen LogP contribution in [-0.2, 0) is 4.79 Å². The Balaban J connectivity index is 2.04. The number of hydrogen-bond donors (Lipinski definition) is 1. The Morgan fingerprint density at radius 3 is 2.71 bits per heavy atom. The molecule has 2 heterocycles. The van der Waals surface area contributed by atoms with E-state index >= 15 is 0 Å². The lowest BCUT2D eigenvalue weighted by Crippen LogP contribution is -2.54. The molecule has 2 fully saturated rings. The molecule has 0 spiro atoms. The van der Waals surface area contributed by atoms with Gasteiger partial charge in [-0.15, -0.1) is 0 Å². The summed E-state index contributed by atoms with van der Waals surface area (Å²) in [5.41, 5.74) is 3.27. The minimum absolute atomic E-state index is 0.0243. The van der Waals surface area contributed by atoms with Crippen LogP contribution in [0.2, 0.25) is 0 Å². The van der Waals surface area contributed by atoms with Crippen molar-refractivity contribution in [3.05, 3.63) is 34.9 Å². The van der Waals surface area contributed by atoms with Crippen molar-refractivity contribution in [2.24, 2.45) is 0 Å². The molecule has 0 bridgehead atoms. The first-order chi connectivity index (χ1) is 9.99. The van der Waals surface area contributed by atoms with E-state index < -0.39 is 6.09 Å². The summed E-state index contributed by atoms with van der Waals surface area (Å²) >= 11 is 0. The number of nitrogens with zero attached hydrogens (tertiary/aromatic N) is 2. The second kappa shape index (κ2) is 5.06. The molecule has 3 rings (SSSR count). The largest absolute Gasteiger partial charge is 0.465 e. The number of rotatable bonds is 1. The van der Waals surface area contributed by atoms with Crippen LogP contribution >= 0.6 is 0 Å². The van der Waals surface area contributed by atoms with Crippen LogP contribution in [-0.4, -0.2) is 46.0 Å². The quantitative estimate of drug-likeness (QED) is 0.862. The van der Waals surface area contributed by atoms with Gasteiger partial charge in [-0.2, -0.15) is 0 Å². The van der Waals surface area contributed by atoms with Crippen molar-refractivity contribution < 1.29 is 14.7 Å². The van der Waals surface area contributed by atoms with Crippen LogP contribution < -0.4 is 0 Å². The maximum atomic E-state index is 12.0. The standard InChI is InChI=1S/C16H20N2O3/c1-10-3-4-12(11(2)9-10)15-13-5-6-14(19)17(13)7-8-18(15)16(20)21/h3-4,9,13,15H,5-8H2,1-2H3,(H,20,21). The Bertz CT molecular complexity index is 599. The van der Waals surface area contributed by atoms with E-state index in [2.05, 4.69) is 6.07 Å². The SMILES string of the molecule is Cc1ccc(C2C3CCC(=O)N3CCN2C(=O)O)c(C)c1. The van der Waals surface area contributed by atoms with Crippen molar-refractivity contribution >= 4 is 12.0 Å². The van der Waals surface area contributed by atoms with Gasteiger partial charge in [0, 0.05) is 19.5 Å². The lowest BCUT2D eigenvalue weighted by Gasteiger charge is -2.44. The molecule has 2 atom stereocenters. The minimum atomic E-state index is -0.904. The van der Waals surface area contributed by atoms with Crippen molar-refractivity contribution in [1.82, 2.24) is 9.80 Å². The van der Waals surface area contributed by atoms with Crippen LogP contribution in [0.4, 0.5) is 4.79 Å². The molecule has 21 heavy (non-hydrogen) atoms. The van der Waals surface area contributed by atoms with Gasteiger partial charge in [0.15, 0.2) is 0 Å². The number of benzene rings is 1. The molecule has 1 aromatic rings. The van der Waals surface area contributed by atoms with Gasteiger partial charge in [0.2, 0.25) is 5.91 Å².